The molecular formula is C11H15N3S. The molecular weight excluding hydrogens is 206 g/mol. The molecule has 0 aromatic carbocycles. The summed E-state index contributed by atoms with van der Waals surface area (Å²) >= 11 is 1.62. The normalized spacial score (nSPS) is 9.00. The molecule has 4 heteroatoms. The number of anilines is 1. The number of nitrogens with zero attached hydrogens (tertiary/aromatic N) is 2. The van der Waals surface area contributed by atoms with Crippen LogP contribution in [-0.4, -0.2) is 17.0 Å². The summed E-state index contributed by atoms with van der Waals surface area (Å²) in [6.07, 6.45) is 5.46. The van der Waals surface area contributed by atoms with Crippen LogP contribution in [0.25, 0.3) is 10.4 Å². The third-order valence-electron chi connectivity index (χ3n) is 1.67. The highest BCUT2D eigenvalue weighted by molar-refractivity contribution is 7.18. The van der Waals surface area contributed by atoms with Crippen LogP contribution in [0.15, 0.2) is 30.7 Å². The zero-order valence-electron chi connectivity index (χ0n) is 9.19. The maximum Gasteiger partial charge on any atom is 0.182 e. The Morgan fingerprint density at radius 2 is 2.07 bits per heavy atom. The average Bonchev–Trinajstić information content (AvgIpc) is 2.81. The summed E-state index contributed by atoms with van der Waals surface area (Å²) in [4.78, 5) is 9.38. The number of hydrogen-bond donors (Lipinski definition) is 1. The van der Waals surface area contributed by atoms with E-state index in [0.717, 1.165) is 15.6 Å². The molecule has 0 aliphatic rings. The molecule has 0 bridgehead atoms. The summed E-state index contributed by atoms with van der Waals surface area (Å²) in [6.45, 7) is 4.00. The number of pyridine rings is 1. The molecule has 0 saturated heterocycles. The van der Waals surface area contributed by atoms with Gasteiger partial charge in [-0.15, -0.1) is 0 Å². The highest BCUT2D eigenvalue weighted by atomic mass is 32.1. The van der Waals surface area contributed by atoms with Crippen molar-refractivity contribution in [1.82, 2.24) is 9.97 Å². The van der Waals surface area contributed by atoms with Gasteiger partial charge in [-0.05, 0) is 6.07 Å². The molecule has 80 valence electrons. The Bertz CT molecular complexity index is 384. The molecule has 0 unspecified atom stereocenters. The fourth-order valence-electron chi connectivity index (χ4n) is 1.03. The van der Waals surface area contributed by atoms with Crippen molar-refractivity contribution in [1.29, 1.82) is 0 Å². The highest BCUT2D eigenvalue weighted by Gasteiger charge is 2.01. The van der Waals surface area contributed by atoms with E-state index in [0.29, 0.717) is 0 Å². The number of aromatic nitrogens is 2. The summed E-state index contributed by atoms with van der Waals surface area (Å²) in [5.74, 6) is 0. The first-order valence-electron chi connectivity index (χ1n) is 4.94. The van der Waals surface area contributed by atoms with E-state index in [1.165, 1.54) is 0 Å². The van der Waals surface area contributed by atoms with Crippen LogP contribution in [0, 0.1) is 0 Å². The van der Waals surface area contributed by atoms with Gasteiger partial charge in [0, 0.05) is 31.2 Å². The Labute approximate surface area is 94.2 Å². The minimum Gasteiger partial charge on any atom is -0.365 e. The van der Waals surface area contributed by atoms with Crippen molar-refractivity contribution in [2.45, 2.75) is 13.8 Å². The summed E-state index contributed by atoms with van der Waals surface area (Å²) in [5.41, 5.74) is 1.11. The largest absolute Gasteiger partial charge is 0.365 e. The molecule has 2 rings (SSSR count). The van der Waals surface area contributed by atoms with Crippen molar-refractivity contribution >= 4 is 16.5 Å². The molecule has 0 atom stereocenters. The van der Waals surface area contributed by atoms with Crippen LogP contribution in [0.5, 0.6) is 0 Å². The molecule has 2 aromatic rings. The van der Waals surface area contributed by atoms with E-state index >= 15 is 0 Å². The van der Waals surface area contributed by atoms with Crippen molar-refractivity contribution in [3.05, 3.63) is 30.7 Å². The zero-order valence-corrected chi connectivity index (χ0v) is 10.0. The molecule has 2 aromatic heterocycles. The standard InChI is InChI=1S/C9H9N3S.C2H6/c1-10-9-12-6-8(13-9)7-3-2-4-11-5-7;1-2/h2-6H,1H3,(H,10,12);1-2H3. The molecule has 0 aliphatic carbocycles. The first kappa shape index (κ1) is 11.7. The maximum absolute atomic E-state index is 4.19. The molecule has 0 saturated carbocycles. The second-order valence-corrected chi connectivity index (χ2v) is 3.55. The van der Waals surface area contributed by atoms with Gasteiger partial charge in [0.1, 0.15) is 0 Å². The van der Waals surface area contributed by atoms with Gasteiger partial charge in [0.15, 0.2) is 5.13 Å². The number of rotatable bonds is 2. The Hall–Kier alpha value is -1.42. The van der Waals surface area contributed by atoms with E-state index in [9.17, 15) is 0 Å². The minimum atomic E-state index is 0.929. The van der Waals surface area contributed by atoms with Crippen LogP contribution in [0.1, 0.15) is 13.8 Å². The summed E-state index contributed by atoms with van der Waals surface area (Å²) in [6, 6.07) is 3.95. The second kappa shape index (κ2) is 6.14. The predicted octanol–water partition coefficient (Wildman–Crippen LogP) is 3.27. The number of thiazole rings is 1. The van der Waals surface area contributed by atoms with Gasteiger partial charge in [0.2, 0.25) is 0 Å². The quantitative estimate of drug-likeness (QED) is 0.845. The molecule has 0 amide bonds. The second-order valence-electron chi connectivity index (χ2n) is 2.52. The van der Waals surface area contributed by atoms with Gasteiger partial charge in [0.05, 0.1) is 4.88 Å². The Morgan fingerprint density at radius 3 is 2.60 bits per heavy atom. The Balaban J connectivity index is 0.000000531. The van der Waals surface area contributed by atoms with Crippen LogP contribution in [-0.2, 0) is 0 Å². The average molecular weight is 221 g/mol. The SMILES string of the molecule is CC.CNc1ncc(-c2cccnc2)s1. The monoisotopic (exact) mass is 221 g/mol. The minimum absolute atomic E-state index is 0.929. The fraction of sp³-hybridized carbons (Fsp3) is 0.273. The molecule has 0 aliphatic heterocycles. The molecule has 0 spiro atoms. The third kappa shape index (κ3) is 3.02. The summed E-state index contributed by atoms with van der Waals surface area (Å²) in [5, 5.41) is 3.93. The Kier molecular flexibility index (Phi) is 4.77. The van der Waals surface area contributed by atoms with Crippen LogP contribution < -0.4 is 5.32 Å². The predicted molar refractivity (Wildman–Crippen MR) is 66.2 cm³/mol. The summed E-state index contributed by atoms with van der Waals surface area (Å²) < 4.78 is 0. The lowest BCUT2D eigenvalue weighted by atomic mass is 10.3. The Morgan fingerprint density at radius 1 is 1.27 bits per heavy atom. The van der Waals surface area contributed by atoms with Crippen LogP contribution in [0.4, 0.5) is 5.13 Å². The molecule has 0 fully saturated rings. The van der Waals surface area contributed by atoms with E-state index in [1.54, 1.807) is 17.5 Å². The molecule has 2 heterocycles. The van der Waals surface area contributed by atoms with Crippen LogP contribution >= 0.6 is 11.3 Å². The topological polar surface area (TPSA) is 37.8 Å². The van der Waals surface area contributed by atoms with Gasteiger partial charge in [0.25, 0.3) is 0 Å². The smallest absolute Gasteiger partial charge is 0.182 e. The van der Waals surface area contributed by atoms with Crippen LogP contribution in [0.3, 0.4) is 0 Å². The van der Waals surface area contributed by atoms with Crippen molar-refractivity contribution in [2.24, 2.45) is 0 Å². The van der Waals surface area contributed by atoms with Crippen molar-refractivity contribution in [2.75, 3.05) is 12.4 Å². The van der Waals surface area contributed by atoms with Crippen molar-refractivity contribution in [3.63, 3.8) is 0 Å². The molecule has 0 radical (unpaired) electrons. The van der Waals surface area contributed by atoms with E-state index in [1.807, 2.05) is 45.4 Å². The first-order chi connectivity index (χ1) is 7.40. The van der Waals surface area contributed by atoms with Gasteiger partial charge in [-0.1, -0.05) is 31.3 Å². The van der Waals surface area contributed by atoms with Gasteiger partial charge in [-0.25, -0.2) is 4.98 Å². The summed E-state index contributed by atoms with van der Waals surface area (Å²) in [7, 11) is 1.87. The molecule has 1 N–H and O–H groups in total. The van der Waals surface area contributed by atoms with Crippen molar-refractivity contribution in [3.8, 4) is 10.4 Å². The molecule has 3 nitrogen and oxygen atoms in total. The number of nitrogens with one attached hydrogen (secondary N) is 1. The van der Waals surface area contributed by atoms with Crippen LogP contribution in [0.2, 0.25) is 0 Å². The van der Waals surface area contributed by atoms with E-state index in [4.69, 9.17) is 0 Å². The lowest BCUT2D eigenvalue weighted by Crippen LogP contribution is -1.83. The van der Waals surface area contributed by atoms with Gasteiger partial charge >= 0.3 is 0 Å². The first-order valence-corrected chi connectivity index (χ1v) is 5.76. The zero-order chi connectivity index (χ0) is 11.1. The molecule has 15 heavy (non-hydrogen) atoms. The fourth-order valence-corrected chi connectivity index (χ4v) is 1.79. The van der Waals surface area contributed by atoms with E-state index in [2.05, 4.69) is 15.3 Å². The van der Waals surface area contributed by atoms with Gasteiger partial charge in [-0.2, -0.15) is 0 Å². The van der Waals surface area contributed by atoms with Gasteiger partial charge < -0.3 is 5.32 Å². The van der Waals surface area contributed by atoms with Crippen molar-refractivity contribution < 1.29 is 0 Å². The lowest BCUT2D eigenvalue weighted by molar-refractivity contribution is 1.33. The highest BCUT2D eigenvalue weighted by Crippen LogP contribution is 2.27. The number of hydrogen-bond acceptors (Lipinski definition) is 4. The third-order valence-corrected chi connectivity index (χ3v) is 2.73. The van der Waals surface area contributed by atoms with E-state index < -0.39 is 0 Å². The van der Waals surface area contributed by atoms with Gasteiger partial charge in [-0.3, -0.25) is 4.98 Å². The maximum atomic E-state index is 4.19. The van der Waals surface area contributed by atoms with E-state index in [-0.39, 0.29) is 0 Å². The lowest BCUT2D eigenvalue weighted by Gasteiger charge is -1.92.